The van der Waals surface area contributed by atoms with Gasteiger partial charge in [-0.15, -0.1) is 0 Å². The zero-order valence-electron chi connectivity index (χ0n) is 15.4. The summed E-state index contributed by atoms with van der Waals surface area (Å²) in [6.07, 6.45) is -5.43. The lowest BCUT2D eigenvalue weighted by molar-refractivity contribution is -0.137. The van der Waals surface area contributed by atoms with E-state index in [1.807, 2.05) is 0 Å². The third-order valence-electron chi connectivity index (χ3n) is 4.50. The van der Waals surface area contributed by atoms with Gasteiger partial charge in [-0.3, -0.25) is 13.9 Å². The lowest BCUT2D eigenvalue weighted by Gasteiger charge is -2.26. The Balaban J connectivity index is 2.41. The number of hydrogen-bond donors (Lipinski definition) is 2. The van der Waals surface area contributed by atoms with Crippen molar-refractivity contribution in [3.05, 3.63) is 61.8 Å². The van der Waals surface area contributed by atoms with Crippen LogP contribution in [0.5, 0.6) is 0 Å². The molecule has 2 N–H and O–H groups in total. The third kappa shape index (κ3) is 3.94. The minimum Gasteiger partial charge on any atom is -0.386 e. The van der Waals surface area contributed by atoms with Crippen LogP contribution in [0.3, 0.4) is 0 Å². The van der Waals surface area contributed by atoms with Crippen LogP contribution in [0, 0.1) is 11.3 Å². The summed E-state index contributed by atoms with van der Waals surface area (Å²) in [7, 11) is 2.60. The van der Waals surface area contributed by atoms with E-state index in [-0.39, 0.29) is 16.9 Å². The number of aromatic nitrogens is 2. The summed E-state index contributed by atoms with van der Waals surface area (Å²) < 4.78 is 40.0. The van der Waals surface area contributed by atoms with E-state index in [1.54, 1.807) is 13.0 Å². The van der Waals surface area contributed by atoms with Gasteiger partial charge in [0.15, 0.2) is 5.56 Å². The molecule has 2 aromatic rings. The molecular weight excluding hydrogens is 377 g/mol. The van der Waals surface area contributed by atoms with Crippen LogP contribution in [0.25, 0.3) is 0 Å². The van der Waals surface area contributed by atoms with Gasteiger partial charge in [0.25, 0.3) is 5.56 Å². The maximum atomic E-state index is 12.7. The molecule has 0 saturated carbocycles. The van der Waals surface area contributed by atoms with E-state index >= 15 is 0 Å². The summed E-state index contributed by atoms with van der Waals surface area (Å²) in [6.45, 7) is 1.70. The van der Waals surface area contributed by atoms with Gasteiger partial charge in [-0.25, -0.2) is 4.79 Å². The summed E-state index contributed by atoms with van der Waals surface area (Å²) >= 11 is 0. The smallest absolute Gasteiger partial charge is 0.386 e. The highest BCUT2D eigenvalue weighted by atomic mass is 19.4. The van der Waals surface area contributed by atoms with Crippen LogP contribution in [0.2, 0.25) is 0 Å². The number of rotatable bonds is 5. The van der Waals surface area contributed by atoms with Gasteiger partial charge < -0.3 is 10.4 Å². The van der Waals surface area contributed by atoms with Crippen LogP contribution < -0.4 is 16.6 Å². The molecule has 0 saturated heterocycles. The number of halogens is 3. The van der Waals surface area contributed by atoms with Crippen LogP contribution in [-0.2, 0) is 20.3 Å². The Morgan fingerprint density at radius 3 is 2.21 bits per heavy atom. The average molecular weight is 396 g/mol. The topological polar surface area (TPSA) is 100 Å². The van der Waals surface area contributed by atoms with Crippen molar-refractivity contribution in [2.45, 2.75) is 31.7 Å². The van der Waals surface area contributed by atoms with E-state index in [2.05, 4.69) is 5.32 Å². The molecule has 7 nitrogen and oxygen atoms in total. The zero-order valence-corrected chi connectivity index (χ0v) is 15.4. The summed E-state index contributed by atoms with van der Waals surface area (Å²) in [6, 6.07) is 5.02. The van der Waals surface area contributed by atoms with Gasteiger partial charge in [-0.1, -0.05) is 19.1 Å². The van der Waals surface area contributed by atoms with Crippen molar-refractivity contribution >= 4 is 5.82 Å². The first-order valence-electron chi connectivity index (χ1n) is 8.34. The second-order valence-corrected chi connectivity index (χ2v) is 6.26. The number of nitrogens with one attached hydrogen (secondary N) is 1. The molecule has 1 aromatic heterocycles. The minimum atomic E-state index is -4.49. The number of anilines is 1. The van der Waals surface area contributed by atoms with Crippen molar-refractivity contribution in [2.24, 2.45) is 14.1 Å². The average Bonchev–Trinajstić information content (AvgIpc) is 2.67. The van der Waals surface area contributed by atoms with E-state index in [4.69, 9.17) is 0 Å². The Bertz CT molecular complexity index is 1020. The molecule has 0 aliphatic heterocycles. The van der Waals surface area contributed by atoms with Gasteiger partial charge in [0, 0.05) is 14.1 Å². The second-order valence-electron chi connectivity index (χ2n) is 6.26. The Morgan fingerprint density at radius 2 is 1.75 bits per heavy atom. The number of alkyl halides is 3. The Morgan fingerprint density at radius 1 is 1.18 bits per heavy atom. The van der Waals surface area contributed by atoms with E-state index in [0.717, 1.165) is 33.4 Å². The SMILES string of the molecule is CCC(Nc1c(C#N)c(=O)n(C)c(=O)n1C)C(O)c1ccc(C(F)(F)F)cc1. The molecule has 0 aliphatic carbocycles. The Kier molecular flexibility index (Phi) is 5.99. The first kappa shape index (κ1) is 21.2. The van der Waals surface area contributed by atoms with Crippen molar-refractivity contribution in [3.63, 3.8) is 0 Å². The first-order chi connectivity index (χ1) is 13.0. The largest absolute Gasteiger partial charge is 0.416 e. The molecule has 1 heterocycles. The van der Waals surface area contributed by atoms with Crippen LogP contribution in [0.15, 0.2) is 33.9 Å². The number of aliphatic hydroxyl groups excluding tert-OH is 1. The molecule has 0 radical (unpaired) electrons. The maximum Gasteiger partial charge on any atom is 0.416 e. The Hall–Kier alpha value is -3.06. The highest BCUT2D eigenvalue weighted by Crippen LogP contribution is 2.31. The highest BCUT2D eigenvalue weighted by molar-refractivity contribution is 5.52. The maximum absolute atomic E-state index is 12.7. The van der Waals surface area contributed by atoms with Crippen LogP contribution in [-0.4, -0.2) is 20.3 Å². The molecule has 0 fully saturated rings. The zero-order chi connectivity index (χ0) is 21.2. The Labute approximate surface area is 158 Å². The third-order valence-corrected chi connectivity index (χ3v) is 4.50. The standard InChI is InChI=1S/C18H19F3N4O3/c1-4-13(14(26)10-5-7-11(8-6-10)18(19,20)21)23-15-12(9-22)16(27)25(3)17(28)24(15)2/h5-8,13-14,23,26H,4H2,1-3H3. The fourth-order valence-electron chi connectivity index (χ4n) is 2.80. The molecule has 2 rings (SSSR count). The first-order valence-corrected chi connectivity index (χ1v) is 8.34. The number of nitriles is 1. The normalized spacial score (nSPS) is 13.6. The minimum absolute atomic E-state index is 0.0617. The molecule has 28 heavy (non-hydrogen) atoms. The number of benzene rings is 1. The summed E-state index contributed by atoms with van der Waals surface area (Å²) in [5.41, 5.74) is -2.37. The van der Waals surface area contributed by atoms with Crippen LogP contribution in [0.4, 0.5) is 19.0 Å². The number of hydrogen-bond acceptors (Lipinski definition) is 5. The molecule has 2 atom stereocenters. The number of aliphatic hydroxyl groups is 1. The molecule has 0 amide bonds. The summed E-state index contributed by atoms with van der Waals surface area (Å²) in [5.74, 6) is -0.0617. The predicted molar refractivity (Wildman–Crippen MR) is 95.7 cm³/mol. The van der Waals surface area contributed by atoms with Crippen molar-refractivity contribution < 1.29 is 18.3 Å². The molecule has 10 heteroatoms. The molecule has 0 spiro atoms. The lowest BCUT2D eigenvalue weighted by Crippen LogP contribution is -2.41. The van der Waals surface area contributed by atoms with Gasteiger partial charge in [-0.2, -0.15) is 18.4 Å². The van der Waals surface area contributed by atoms with Gasteiger partial charge in [0.05, 0.1) is 17.7 Å². The van der Waals surface area contributed by atoms with Crippen molar-refractivity contribution in [1.29, 1.82) is 5.26 Å². The van der Waals surface area contributed by atoms with E-state index in [1.165, 1.54) is 14.1 Å². The molecule has 0 aliphatic rings. The molecule has 1 aromatic carbocycles. The molecule has 150 valence electrons. The quantitative estimate of drug-likeness (QED) is 0.804. The van der Waals surface area contributed by atoms with Crippen molar-refractivity contribution in [3.8, 4) is 6.07 Å². The predicted octanol–water partition coefficient (Wildman–Crippen LogP) is 1.90. The fraction of sp³-hybridized carbons (Fsp3) is 0.389. The van der Waals surface area contributed by atoms with E-state index in [0.29, 0.717) is 6.42 Å². The summed E-state index contributed by atoms with van der Waals surface area (Å²) in [5, 5.41) is 22.7. The second kappa shape index (κ2) is 7.90. The summed E-state index contributed by atoms with van der Waals surface area (Å²) in [4.78, 5) is 24.3. The van der Waals surface area contributed by atoms with Crippen molar-refractivity contribution in [1.82, 2.24) is 9.13 Å². The highest BCUT2D eigenvalue weighted by Gasteiger charge is 2.31. The monoisotopic (exact) mass is 396 g/mol. The fourth-order valence-corrected chi connectivity index (χ4v) is 2.80. The molecule has 2 unspecified atom stereocenters. The van der Waals surface area contributed by atoms with Gasteiger partial charge >= 0.3 is 11.9 Å². The van der Waals surface area contributed by atoms with Crippen molar-refractivity contribution in [2.75, 3.05) is 5.32 Å². The lowest BCUT2D eigenvalue weighted by atomic mass is 9.99. The molecule has 0 bridgehead atoms. The molecular formula is C18H19F3N4O3. The van der Waals surface area contributed by atoms with Crippen LogP contribution >= 0.6 is 0 Å². The van der Waals surface area contributed by atoms with Gasteiger partial charge in [-0.05, 0) is 24.1 Å². The van der Waals surface area contributed by atoms with Gasteiger partial charge in [0.2, 0.25) is 0 Å². The van der Waals surface area contributed by atoms with E-state index in [9.17, 15) is 33.1 Å². The van der Waals surface area contributed by atoms with Crippen LogP contribution in [0.1, 0.15) is 36.1 Å². The number of nitrogens with zero attached hydrogens (tertiary/aromatic N) is 3. The van der Waals surface area contributed by atoms with Gasteiger partial charge in [0.1, 0.15) is 11.9 Å². The van der Waals surface area contributed by atoms with E-state index < -0.39 is 35.1 Å².